The Morgan fingerprint density at radius 1 is 1.20 bits per heavy atom. The smallest absolute Gasteiger partial charge is 0.199 e. The summed E-state index contributed by atoms with van der Waals surface area (Å²) in [5, 5.41) is 9.86. The third-order valence-electron chi connectivity index (χ3n) is 3.87. The van der Waals surface area contributed by atoms with Crippen LogP contribution in [0, 0.1) is 5.82 Å². The van der Waals surface area contributed by atoms with Gasteiger partial charge in [-0.3, -0.25) is 4.79 Å². The summed E-state index contributed by atoms with van der Waals surface area (Å²) >= 11 is 6.07. The summed E-state index contributed by atoms with van der Waals surface area (Å²) < 4.78 is 20.7. The van der Waals surface area contributed by atoms with Gasteiger partial charge in [0.2, 0.25) is 0 Å². The lowest BCUT2D eigenvalue weighted by Gasteiger charge is -2.15. The Bertz CT molecular complexity index is 936. The summed E-state index contributed by atoms with van der Waals surface area (Å²) in [4.78, 5) is 13.1. The Morgan fingerprint density at radius 3 is 2.72 bits per heavy atom. The van der Waals surface area contributed by atoms with Gasteiger partial charge >= 0.3 is 0 Å². The van der Waals surface area contributed by atoms with Gasteiger partial charge in [0.15, 0.2) is 17.3 Å². The van der Waals surface area contributed by atoms with Crippen LogP contribution in [0.25, 0.3) is 5.69 Å². The Kier molecular flexibility index (Phi) is 4.88. The van der Waals surface area contributed by atoms with Crippen molar-refractivity contribution in [1.29, 1.82) is 0 Å². The highest BCUT2D eigenvalue weighted by molar-refractivity contribution is 6.31. The van der Waals surface area contributed by atoms with Crippen LogP contribution in [0.2, 0.25) is 5.02 Å². The van der Waals surface area contributed by atoms with E-state index in [1.54, 1.807) is 35.0 Å². The molecule has 0 atom stereocenters. The SMILES string of the molecule is COc1c(F)cccc1C(=O)c1cc(Cl)ccc1-n1cccc1CO. The fraction of sp³-hybridized carbons (Fsp3) is 0.105. The van der Waals surface area contributed by atoms with Crippen LogP contribution in [0.1, 0.15) is 21.6 Å². The number of rotatable bonds is 5. The van der Waals surface area contributed by atoms with Gasteiger partial charge in [0.1, 0.15) is 0 Å². The molecule has 0 bridgehead atoms. The van der Waals surface area contributed by atoms with Gasteiger partial charge in [-0.05, 0) is 42.5 Å². The summed E-state index contributed by atoms with van der Waals surface area (Å²) in [7, 11) is 1.31. The second-order valence-corrected chi connectivity index (χ2v) is 5.78. The molecule has 128 valence electrons. The van der Waals surface area contributed by atoms with Crippen LogP contribution in [-0.4, -0.2) is 22.6 Å². The molecule has 2 aromatic carbocycles. The summed E-state index contributed by atoms with van der Waals surface area (Å²) in [6, 6.07) is 12.5. The van der Waals surface area contributed by atoms with Crippen molar-refractivity contribution in [2.45, 2.75) is 6.61 Å². The first kappa shape index (κ1) is 17.2. The van der Waals surface area contributed by atoms with Crippen molar-refractivity contribution >= 4 is 17.4 Å². The molecule has 1 N–H and O–H groups in total. The van der Waals surface area contributed by atoms with Crippen LogP contribution >= 0.6 is 11.6 Å². The number of methoxy groups -OCH3 is 1. The summed E-state index contributed by atoms with van der Waals surface area (Å²) in [6.07, 6.45) is 1.73. The first-order valence-corrected chi connectivity index (χ1v) is 7.89. The van der Waals surface area contributed by atoms with Crippen LogP contribution in [0.15, 0.2) is 54.7 Å². The number of ether oxygens (including phenoxy) is 1. The predicted octanol–water partition coefficient (Wildman–Crippen LogP) is 4.00. The largest absolute Gasteiger partial charge is 0.493 e. The first-order valence-electron chi connectivity index (χ1n) is 7.51. The van der Waals surface area contributed by atoms with Gasteiger partial charge in [-0.2, -0.15) is 0 Å². The van der Waals surface area contributed by atoms with Crippen LogP contribution in [0.3, 0.4) is 0 Å². The second-order valence-electron chi connectivity index (χ2n) is 5.34. The highest BCUT2D eigenvalue weighted by Gasteiger charge is 2.21. The maximum Gasteiger partial charge on any atom is 0.199 e. The fourth-order valence-electron chi connectivity index (χ4n) is 2.72. The molecule has 3 aromatic rings. The van der Waals surface area contributed by atoms with Crippen molar-refractivity contribution < 1.29 is 19.0 Å². The topological polar surface area (TPSA) is 51.5 Å². The summed E-state index contributed by atoms with van der Waals surface area (Å²) in [5.74, 6) is -1.16. The van der Waals surface area contributed by atoms with E-state index in [-0.39, 0.29) is 23.5 Å². The molecule has 0 unspecified atom stereocenters. The van der Waals surface area contributed by atoms with Gasteiger partial charge in [-0.15, -0.1) is 0 Å². The third-order valence-corrected chi connectivity index (χ3v) is 4.11. The molecule has 0 aliphatic heterocycles. The van der Waals surface area contributed by atoms with E-state index in [0.29, 0.717) is 16.4 Å². The van der Waals surface area contributed by atoms with Crippen LogP contribution < -0.4 is 4.74 Å². The molecule has 0 aliphatic carbocycles. The number of benzene rings is 2. The number of carbonyl (C=O) groups is 1. The van der Waals surface area contributed by atoms with Crippen molar-refractivity contribution in [3.05, 3.63) is 82.4 Å². The Labute approximate surface area is 149 Å². The average molecular weight is 360 g/mol. The van der Waals surface area contributed by atoms with Crippen molar-refractivity contribution in [1.82, 2.24) is 4.57 Å². The minimum atomic E-state index is -0.617. The van der Waals surface area contributed by atoms with E-state index < -0.39 is 11.6 Å². The molecule has 0 saturated carbocycles. The zero-order chi connectivity index (χ0) is 18.0. The number of para-hydroxylation sites is 1. The lowest BCUT2D eigenvalue weighted by molar-refractivity contribution is 0.103. The minimum absolute atomic E-state index is 0.101. The number of aliphatic hydroxyl groups excluding tert-OH is 1. The molecule has 0 saturated heterocycles. The molecule has 3 rings (SSSR count). The normalized spacial score (nSPS) is 10.7. The zero-order valence-electron chi connectivity index (χ0n) is 13.4. The van der Waals surface area contributed by atoms with Crippen molar-refractivity contribution in [2.75, 3.05) is 7.11 Å². The van der Waals surface area contributed by atoms with E-state index in [2.05, 4.69) is 0 Å². The van der Waals surface area contributed by atoms with E-state index in [4.69, 9.17) is 16.3 Å². The van der Waals surface area contributed by atoms with Gasteiger partial charge < -0.3 is 14.4 Å². The van der Waals surface area contributed by atoms with Gasteiger partial charge in [0.05, 0.1) is 25.0 Å². The molecule has 1 aromatic heterocycles. The predicted molar refractivity (Wildman–Crippen MR) is 93.1 cm³/mol. The second kappa shape index (κ2) is 7.09. The molecule has 1 heterocycles. The molecule has 4 nitrogen and oxygen atoms in total. The van der Waals surface area contributed by atoms with Gasteiger partial charge in [-0.1, -0.05) is 17.7 Å². The number of carbonyl (C=O) groups excluding carboxylic acids is 1. The molecular formula is C19H15ClFNO3. The Balaban J connectivity index is 2.19. The van der Waals surface area contributed by atoms with Gasteiger partial charge in [-0.25, -0.2) is 4.39 Å². The average Bonchev–Trinajstić information content (AvgIpc) is 3.09. The molecule has 6 heteroatoms. The van der Waals surface area contributed by atoms with Gasteiger partial charge in [0, 0.05) is 22.5 Å². The molecule has 0 aliphatic rings. The third kappa shape index (κ3) is 3.16. The monoisotopic (exact) mass is 359 g/mol. The molecular weight excluding hydrogens is 345 g/mol. The van der Waals surface area contributed by atoms with E-state index >= 15 is 0 Å². The lowest BCUT2D eigenvalue weighted by atomic mass is 10.00. The fourth-order valence-corrected chi connectivity index (χ4v) is 2.89. The molecule has 0 fully saturated rings. The minimum Gasteiger partial charge on any atom is -0.493 e. The summed E-state index contributed by atoms with van der Waals surface area (Å²) in [6.45, 7) is -0.188. The van der Waals surface area contributed by atoms with Crippen LogP contribution in [0.4, 0.5) is 4.39 Å². The van der Waals surface area contributed by atoms with Gasteiger partial charge in [0.25, 0.3) is 0 Å². The van der Waals surface area contributed by atoms with Crippen molar-refractivity contribution in [3.8, 4) is 11.4 Å². The molecule has 25 heavy (non-hydrogen) atoms. The number of hydrogen-bond donors (Lipinski definition) is 1. The van der Waals surface area contributed by atoms with E-state index in [0.717, 1.165) is 0 Å². The number of aliphatic hydroxyl groups is 1. The lowest BCUT2D eigenvalue weighted by Crippen LogP contribution is -2.11. The molecule has 0 radical (unpaired) electrons. The van der Waals surface area contributed by atoms with E-state index in [9.17, 15) is 14.3 Å². The van der Waals surface area contributed by atoms with Crippen molar-refractivity contribution in [3.63, 3.8) is 0 Å². The zero-order valence-corrected chi connectivity index (χ0v) is 14.1. The quantitative estimate of drug-likeness (QED) is 0.700. The Hall–Kier alpha value is -2.63. The number of nitrogens with zero attached hydrogens (tertiary/aromatic N) is 1. The summed E-state index contributed by atoms with van der Waals surface area (Å²) in [5.41, 5.74) is 1.53. The number of aromatic nitrogens is 1. The highest BCUT2D eigenvalue weighted by Crippen LogP contribution is 2.29. The van der Waals surface area contributed by atoms with Crippen LogP contribution in [-0.2, 0) is 6.61 Å². The molecule has 0 spiro atoms. The van der Waals surface area contributed by atoms with Crippen molar-refractivity contribution in [2.24, 2.45) is 0 Å². The number of hydrogen-bond acceptors (Lipinski definition) is 3. The Morgan fingerprint density at radius 2 is 2.00 bits per heavy atom. The molecule has 0 amide bonds. The standard InChI is InChI=1S/C19H15ClFNO3/c1-25-19-14(5-2-6-16(19)21)18(24)15-10-12(20)7-8-17(15)22-9-3-4-13(22)11-23/h2-10,23H,11H2,1H3. The number of ketones is 1. The highest BCUT2D eigenvalue weighted by atomic mass is 35.5. The van der Waals surface area contributed by atoms with Crippen LogP contribution in [0.5, 0.6) is 5.75 Å². The first-order chi connectivity index (χ1) is 12.1. The van der Waals surface area contributed by atoms with E-state index in [1.807, 2.05) is 0 Å². The maximum absolute atomic E-state index is 14.0. The maximum atomic E-state index is 14.0. The van der Waals surface area contributed by atoms with E-state index in [1.165, 1.54) is 31.4 Å². The number of halogens is 2.